The Hall–Kier alpha value is -1.22. The maximum Gasteiger partial charge on any atom is 0.161 e. The largest absolute Gasteiger partial charge is 0.356 e. The molecule has 1 aliphatic heterocycles. The highest BCUT2D eigenvalue weighted by molar-refractivity contribution is 5.83. The Kier molecular flexibility index (Phi) is 1.88. The van der Waals surface area contributed by atoms with E-state index in [9.17, 15) is 9.18 Å². The summed E-state index contributed by atoms with van der Waals surface area (Å²) in [5, 5.41) is 0. The van der Waals surface area contributed by atoms with Crippen LogP contribution >= 0.6 is 0 Å². The highest BCUT2D eigenvalue weighted by Crippen LogP contribution is 2.38. The van der Waals surface area contributed by atoms with Gasteiger partial charge < -0.3 is 4.74 Å². The maximum absolute atomic E-state index is 12.5. The Labute approximate surface area is 75.3 Å². The average Bonchev–Trinajstić information content (AvgIpc) is 2.85. The SMILES string of the molecule is CC(=O)[C@H]1O[C@@H]1c1ccc(F)cc1. The molecule has 1 aromatic carbocycles. The minimum atomic E-state index is -0.314. The van der Waals surface area contributed by atoms with Gasteiger partial charge in [-0.25, -0.2) is 4.39 Å². The number of halogens is 1. The first-order valence-corrected chi connectivity index (χ1v) is 4.10. The van der Waals surface area contributed by atoms with Gasteiger partial charge in [-0.05, 0) is 24.6 Å². The Bertz CT molecular complexity index is 331. The third kappa shape index (κ3) is 1.60. The molecule has 2 nitrogen and oxygen atoms in total. The first-order valence-electron chi connectivity index (χ1n) is 4.10. The van der Waals surface area contributed by atoms with Crippen LogP contribution in [0.4, 0.5) is 4.39 Å². The first kappa shape index (κ1) is 8.38. The molecule has 0 radical (unpaired) electrons. The monoisotopic (exact) mass is 180 g/mol. The molecule has 0 aromatic heterocycles. The first-order chi connectivity index (χ1) is 6.18. The average molecular weight is 180 g/mol. The standard InChI is InChI=1S/C10H9FO2/c1-6(12)9-10(13-9)7-2-4-8(11)5-3-7/h2-5,9-10H,1H3/t9-,10-/m1/s1. The lowest BCUT2D eigenvalue weighted by Crippen LogP contribution is -2.00. The van der Waals surface area contributed by atoms with E-state index in [0.717, 1.165) is 5.56 Å². The fraction of sp³-hybridized carbons (Fsp3) is 0.300. The minimum absolute atomic E-state index is 0.0225. The molecule has 0 spiro atoms. The zero-order valence-electron chi connectivity index (χ0n) is 7.16. The molecule has 2 atom stereocenters. The zero-order valence-corrected chi connectivity index (χ0v) is 7.16. The second-order valence-electron chi connectivity index (χ2n) is 3.14. The quantitative estimate of drug-likeness (QED) is 0.650. The molecule has 1 fully saturated rings. The number of rotatable bonds is 2. The summed E-state index contributed by atoms with van der Waals surface area (Å²) in [6.07, 6.45) is -0.469. The van der Waals surface area contributed by atoms with Gasteiger partial charge in [0.1, 0.15) is 18.0 Å². The summed E-state index contributed by atoms with van der Waals surface area (Å²) < 4.78 is 17.7. The fourth-order valence-corrected chi connectivity index (χ4v) is 1.33. The summed E-state index contributed by atoms with van der Waals surface area (Å²) in [6.45, 7) is 1.49. The molecular weight excluding hydrogens is 171 g/mol. The summed E-state index contributed by atoms with van der Waals surface area (Å²) in [5.74, 6) is -0.252. The van der Waals surface area contributed by atoms with Crippen LogP contribution in [0, 0.1) is 5.82 Å². The predicted molar refractivity (Wildman–Crippen MR) is 44.7 cm³/mol. The number of benzene rings is 1. The van der Waals surface area contributed by atoms with Crippen molar-refractivity contribution >= 4 is 5.78 Å². The smallest absolute Gasteiger partial charge is 0.161 e. The molecule has 0 aliphatic carbocycles. The van der Waals surface area contributed by atoms with E-state index in [0.29, 0.717) is 0 Å². The highest BCUT2D eigenvalue weighted by Gasteiger charge is 2.43. The third-order valence-electron chi connectivity index (χ3n) is 2.09. The lowest BCUT2D eigenvalue weighted by Gasteiger charge is -1.93. The van der Waals surface area contributed by atoms with Gasteiger partial charge in [-0.3, -0.25) is 4.79 Å². The van der Waals surface area contributed by atoms with Crippen LogP contribution in [0.25, 0.3) is 0 Å². The van der Waals surface area contributed by atoms with Crippen molar-refractivity contribution in [2.45, 2.75) is 19.1 Å². The van der Waals surface area contributed by atoms with Crippen LogP contribution < -0.4 is 0 Å². The molecule has 0 unspecified atom stereocenters. The number of hydrogen-bond donors (Lipinski definition) is 0. The normalized spacial score (nSPS) is 25.7. The molecule has 0 N–H and O–H groups in total. The Morgan fingerprint density at radius 2 is 2.00 bits per heavy atom. The van der Waals surface area contributed by atoms with E-state index < -0.39 is 0 Å². The zero-order chi connectivity index (χ0) is 9.42. The van der Waals surface area contributed by atoms with Crippen molar-refractivity contribution in [3.63, 3.8) is 0 Å². The van der Waals surface area contributed by atoms with Gasteiger partial charge >= 0.3 is 0 Å². The number of ether oxygens (including phenoxy) is 1. The van der Waals surface area contributed by atoms with E-state index in [2.05, 4.69) is 0 Å². The lowest BCUT2D eigenvalue weighted by atomic mass is 10.1. The Balaban J connectivity index is 2.12. The summed E-state index contributed by atoms with van der Waals surface area (Å²) in [4.78, 5) is 10.9. The van der Waals surface area contributed by atoms with Crippen LogP contribution in [0.5, 0.6) is 0 Å². The van der Waals surface area contributed by atoms with Gasteiger partial charge in [0.15, 0.2) is 5.78 Å². The molecule has 13 heavy (non-hydrogen) atoms. The van der Waals surface area contributed by atoms with Crippen LogP contribution in [-0.2, 0) is 9.53 Å². The van der Waals surface area contributed by atoms with E-state index in [1.54, 1.807) is 12.1 Å². The van der Waals surface area contributed by atoms with E-state index in [1.807, 2.05) is 0 Å². The Morgan fingerprint density at radius 1 is 1.38 bits per heavy atom. The molecule has 3 heteroatoms. The summed E-state index contributed by atoms with van der Waals surface area (Å²) in [7, 11) is 0. The van der Waals surface area contributed by atoms with Crippen LogP contribution in [-0.4, -0.2) is 11.9 Å². The molecule has 1 aromatic rings. The van der Waals surface area contributed by atoms with Gasteiger partial charge in [0.05, 0.1) is 0 Å². The number of carbonyl (C=O) groups is 1. The van der Waals surface area contributed by atoms with Gasteiger partial charge in [-0.2, -0.15) is 0 Å². The van der Waals surface area contributed by atoms with Crippen LogP contribution in [0.15, 0.2) is 24.3 Å². The van der Waals surface area contributed by atoms with E-state index in [1.165, 1.54) is 19.1 Å². The van der Waals surface area contributed by atoms with Gasteiger partial charge in [0.25, 0.3) is 0 Å². The van der Waals surface area contributed by atoms with Crippen LogP contribution in [0.1, 0.15) is 18.6 Å². The summed E-state index contributed by atoms with van der Waals surface area (Å²) in [6, 6.07) is 6.02. The van der Waals surface area contributed by atoms with E-state index in [4.69, 9.17) is 4.74 Å². The van der Waals surface area contributed by atoms with Crippen molar-refractivity contribution in [2.75, 3.05) is 0 Å². The second-order valence-corrected chi connectivity index (χ2v) is 3.14. The molecule has 1 saturated heterocycles. The van der Waals surface area contributed by atoms with Gasteiger partial charge in [0.2, 0.25) is 0 Å². The predicted octanol–water partition coefficient (Wildman–Crippen LogP) is 1.85. The van der Waals surface area contributed by atoms with Crippen molar-refractivity contribution in [3.8, 4) is 0 Å². The summed E-state index contributed by atoms with van der Waals surface area (Å²) in [5.41, 5.74) is 0.863. The van der Waals surface area contributed by atoms with Gasteiger partial charge in [-0.15, -0.1) is 0 Å². The van der Waals surface area contributed by atoms with Crippen molar-refractivity contribution in [1.82, 2.24) is 0 Å². The number of Topliss-reactive ketones (excluding diaryl/α,β-unsaturated/α-hetero) is 1. The molecule has 0 saturated carbocycles. The minimum Gasteiger partial charge on any atom is -0.356 e. The number of ketones is 1. The lowest BCUT2D eigenvalue weighted by molar-refractivity contribution is -0.118. The third-order valence-corrected chi connectivity index (χ3v) is 2.09. The molecule has 68 valence electrons. The van der Waals surface area contributed by atoms with Crippen molar-refractivity contribution in [1.29, 1.82) is 0 Å². The molecule has 2 rings (SSSR count). The van der Waals surface area contributed by atoms with Crippen LogP contribution in [0.2, 0.25) is 0 Å². The number of hydrogen-bond acceptors (Lipinski definition) is 2. The highest BCUT2D eigenvalue weighted by atomic mass is 19.1. The van der Waals surface area contributed by atoms with Crippen molar-refractivity contribution < 1.29 is 13.9 Å². The van der Waals surface area contributed by atoms with Crippen LogP contribution in [0.3, 0.4) is 0 Å². The maximum atomic E-state index is 12.5. The van der Waals surface area contributed by atoms with E-state index in [-0.39, 0.29) is 23.8 Å². The molecule has 0 amide bonds. The Morgan fingerprint density at radius 3 is 2.46 bits per heavy atom. The summed E-state index contributed by atoms with van der Waals surface area (Å²) >= 11 is 0. The van der Waals surface area contributed by atoms with Gasteiger partial charge in [0, 0.05) is 0 Å². The number of carbonyl (C=O) groups excluding carboxylic acids is 1. The number of epoxide rings is 1. The molecule has 1 aliphatic rings. The van der Waals surface area contributed by atoms with Crippen molar-refractivity contribution in [2.24, 2.45) is 0 Å². The molecule has 0 bridgehead atoms. The van der Waals surface area contributed by atoms with E-state index >= 15 is 0 Å². The molecular formula is C10H9FO2. The molecule has 1 heterocycles. The van der Waals surface area contributed by atoms with Crippen molar-refractivity contribution in [3.05, 3.63) is 35.6 Å². The second kappa shape index (κ2) is 2.92. The van der Waals surface area contributed by atoms with Gasteiger partial charge in [-0.1, -0.05) is 12.1 Å². The topological polar surface area (TPSA) is 29.6 Å². The fourth-order valence-electron chi connectivity index (χ4n) is 1.33.